The van der Waals surface area contributed by atoms with Crippen molar-refractivity contribution in [1.29, 1.82) is 0 Å². The Morgan fingerprint density at radius 1 is 1.55 bits per heavy atom. The van der Waals surface area contributed by atoms with Crippen LogP contribution in [0.25, 0.3) is 0 Å². The van der Waals surface area contributed by atoms with E-state index >= 15 is 0 Å². The lowest BCUT2D eigenvalue weighted by molar-refractivity contribution is -0.124. The molecule has 2 nitrogen and oxygen atoms in total. The smallest absolute Gasteiger partial charge is 0.233 e. The van der Waals surface area contributed by atoms with Crippen LogP contribution in [0.2, 0.25) is 0 Å². The minimum absolute atomic E-state index is 0.325. The van der Waals surface area contributed by atoms with Crippen LogP contribution < -0.4 is 0 Å². The SMILES string of the molecule is CCCCCN1SCCC1=O. The molecule has 0 aromatic heterocycles. The maximum absolute atomic E-state index is 11.1. The summed E-state index contributed by atoms with van der Waals surface area (Å²) in [6.07, 6.45) is 4.38. The van der Waals surface area contributed by atoms with Gasteiger partial charge < -0.3 is 0 Å². The van der Waals surface area contributed by atoms with Crippen molar-refractivity contribution in [2.75, 3.05) is 12.3 Å². The third kappa shape index (κ3) is 2.73. The summed E-state index contributed by atoms with van der Waals surface area (Å²) >= 11 is 1.68. The van der Waals surface area contributed by atoms with Crippen LogP contribution in [-0.2, 0) is 4.79 Å². The Labute approximate surface area is 72.5 Å². The summed E-state index contributed by atoms with van der Waals surface area (Å²) in [6.45, 7) is 3.14. The number of unbranched alkanes of at least 4 members (excludes halogenated alkanes) is 2. The second kappa shape index (κ2) is 4.65. The predicted molar refractivity (Wildman–Crippen MR) is 48.3 cm³/mol. The summed E-state index contributed by atoms with van der Waals surface area (Å²) in [6, 6.07) is 0. The maximum atomic E-state index is 11.1. The molecule has 11 heavy (non-hydrogen) atoms. The van der Waals surface area contributed by atoms with Crippen LogP contribution in [0.1, 0.15) is 32.6 Å². The fraction of sp³-hybridized carbons (Fsp3) is 0.875. The minimum atomic E-state index is 0.325. The molecule has 1 aliphatic heterocycles. The molecule has 0 atom stereocenters. The summed E-state index contributed by atoms with van der Waals surface area (Å²) in [4.78, 5) is 11.1. The van der Waals surface area contributed by atoms with Crippen LogP contribution in [0.15, 0.2) is 0 Å². The first-order valence-electron chi connectivity index (χ1n) is 4.28. The molecule has 0 aliphatic carbocycles. The van der Waals surface area contributed by atoms with Gasteiger partial charge in [0.05, 0.1) is 0 Å². The number of carbonyl (C=O) groups excluding carboxylic acids is 1. The largest absolute Gasteiger partial charge is 0.286 e. The molecule has 1 fully saturated rings. The fourth-order valence-electron chi connectivity index (χ4n) is 1.13. The molecule has 0 unspecified atom stereocenters. The number of rotatable bonds is 4. The van der Waals surface area contributed by atoms with Crippen LogP contribution in [0, 0.1) is 0 Å². The van der Waals surface area contributed by atoms with E-state index in [-0.39, 0.29) is 0 Å². The maximum Gasteiger partial charge on any atom is 0.233 e. The predicted octanol–water partition coefficient (Wildman–Crippen LogP) is 2.06. The van der Waals surface area contributed by atoms with Gasteiger partial charge in [0.15, 0.2) is 0 Å². The van der Waals surface area contributed by atoms with Crippen molar-refractivity contribution in [2.24, 2.45) is 0 Å². The third-order valence-corrected chi connectivity index (χ3v) is 2.89. The Kier molecular flexibility index (Phi) is 3.77. The Morgan fingerprint density at radius 3 is 2.91 bits per heavy atom. The lowest BCUT2D eigenvalue weighted by Gasteiger charge is -2.12. The highest BCUT2D eigenvalue weighted by Gasteiger charge is 2.19. The van der Waals surface area contributed by atoms with Gasteiger partial charge in [0, 0.05) is 18.7 Å². The first-order valence-corrected chi connectivity index (χ1v) is 5.22. The van der Waals surface area contributed by atoms with Gasteiger partial charge in [-0.25, -0.2) is 0 Å². The second-order valence-electron chi connectivity index (χ2n) is 2.79. The van der Waals surface area contributed by atoms with Gasteiger partial charge in [-0.1, -0.05) is 19.8 Å². The first-order chi connectivity index (χ1) is 5.34. The molecule has 0 radical (unpaired) electrons. The average Bonchev–Trinajstić information content (AvgIpc) is 2.37. The molecule has 1 aliphatic rings. The molecule has 1 amide bonds. The lowest BCUT2D eigenvalue weighted by Crippen LogP contribution is -2.19. The fourth-order valence-corrected chi connectivity index (χ4v) is 2.11. The van der Waals surface area contributed by atoms with E-state index in [1.54, 1.807) is 11.9 Å². The highest BCUT2D eigenvalue weighted by atomic mass is 32.2. The quantitative estimate of drug-likeness (QED) is 0.479. The summed E-state index contributed by atoms with van der Waals surface area (Å²) < 4.78 is 1.91. The molecule has 0 saturated carbocycles. The van der Waals surface area contributed by atoms with Crippen LogP contribution >= 0.6 is 11.9 Å². The van der Waals surface area contributed by atoms with Gasteiger partial charge in [-0.3, -0.25) is 9.10 Å². The van der Waals surface area contributed by atoms with E-state index in [9.17, 15) is 4.79 Å². The van der Waals surface area contributed by atoms with Crippen molar-refractivity contribution in [3.63, 3.8) is 0 Å². The van der Waals surface area contributed by atoms with Crippen LogP contribution in [0.3, 0.4) is 0 Å². The Balaban J connectivity index is 2.10. The van der Waals surface area contributed by atoms with E-state index in [1.165, 1.54) is 12.8 Å². The molecule has 64 valence electrons. The van der Waals surface area contributed by atoms with Crippen LogP contribution in [0.5, 0.6) is 0 Å². The van der Waals surface area contributed by atoms with E-state index in [0.29, 0.717) is 5.91 Å². The molecule has 0 N–H and O–H groups in total. The first kappa shape index (κ1) is 8.91. The highest BCUT2D eigenvalue weighted by Crippen LogP contribution is 2.21. The van der Waals surface area contributed by atoms with Crippen molar-refractivity contribution >= 4 is 17.9 Å². The summed E-state index contributed by atoms with van der Waals surface area (Å²) in [5.74, 6) is 1.32. The van der Waals surface area contributed by atoms with Crippen molar-refractivity contribution in [3.05, 3.63) is 0 Å². The van der Waals surface area contributed by atoms with E-state index < -0.39 is 0 Å². The molecule has 0 aromatic carbocycles. The minimum Gasteiger partial charge on any atom is -0.286 e. The molecular formula is C8H15NOS. The molecule has 0 bridgehead atoms. The molecule has 1 heterocycles. The van der Waals surface area contributed by atoms with E-state index in [2.05, 4.69) is 6.92 Å². The van der Waals surface area contributed by atoms with E-state index in [0.717, 1.165) is 25.1 Å². The number of carbonyl (C=O) groups is 1. The van der Waals surface area contributed by atoms with Crippen molar-refractivity contribution in [1.82, 2.24) is 4.31 Å². The third-order valence-electron chi connectivity index (χ3n) is 1.81. The normalized spacial score (nSPS) is 17.9. The van der Waals surface area contributed by atoms with Crippen LogP contribution in [-0.4, -0.2) is 22.5 Å². The standard InChI is InChI=1S/C8H15NOS/c1-2-3-4-6-9-8(10)5-7-11-9/h2-7H2,1H3. The molecule has 0 aromatic rings. The van der Waals surface area contributed by atoms with Gasteiger partial charge in [-0.05, 0) is 18.4 Å². The summed E-state index contributed by atoms with van der Waals surface area (Å²) in [5.41, 5.74) is 0. The topological polar surface area (TPSA) is 20.3 Å². The Hall–Kier alpha value is -0.180. The molecular weight excluding hydrogens is 158 g/mol. The molecule has 1 rings (SSSR count). The zero-order valence-electron chi connectivity index (χ0n) is 7.01. The highest BCUT2D eigenvalue weighted by molar-refractivity contribution is 7.97. The molecule has 3 heteroatoms. The summed E-state index contributed by atoms with van der Waals surface area (Å²) in [5, 5.41) is 0. The van der Waals surface area contributed by atoms with Gasteiger partial charge in [-0.15, -0.1) is 0 Å². The van der Waals surface area contributed by atoms with Gasteiger partial charge in [0.2, 0.25) is 5.91 Å². The monoisotopic (exact) mass is 173 g/mol. The molecule has 0 spiro atoms. The van der Waals surface area contributed by atoms with Gasteiger partial charge >= 0.3 is 0 Å². The Bertz CT molecular complexity index is 138. The van der Waals surface area contributed by atoms with Gasteiger partial charge in [0.1, 0.15) is 0 Å². The van der Waals surface area contributed by atoms with Crippen molar-refractivity contribution in [2.45, 2.75) is 32.6 Å². The number of nitrogens with zero attached hydrogens (tertiary/aromatic N) is 1. The Morgan fingerprint density at radius 2 is 2.36 bits per heavy atom. The van der Waals surface area contributed by atoms with Crippen molar-refractivity contribution < 1.29 is 4.79 Å². The summed E-state index contributed by atoms with van der Waals surface area (Å²) in [7, 11) is 0. The van der Waals surface area contributed by atoms with Crippen molar-refractivity contribution in [3.8, 4) is 0 Å². The molecule has 1 saturated heterocycles. The van der Waals surface area contributed by atoms with Crippen LogP contribution in [0.4, 0.5) is 0 Å². The zero-order valence-corrected chi connectivity index (χ0v) is 7.82. The number of hydrogen-bond acceptors (Lipinski definition) is 2. The van der Waals surface area contributed by atoms with Gasteiger partial charge in [0.25, 0.3) is 0 Å². The van der Waals surface area contributed by atoms with E-state index in [1.807, 2.05) is 4.31 Å². The average molecular weight is 173 g/mol. The lowest BCUT2D eigenvalue weighted by atomic mass is 10.2. The second-order valence-corrected chi connectivity index (χ2v) is 3.89. The van der Waals surface area contributed by atoms with E-state index in [4.69, 9.17) is 0 Å². The van der Waals surface area contributed by atoms with Gasteiger partial charge in [-0.2, -0.15) is 0 Å². The number of amides is 1. The number of hydrogen-bond donors (Lipinski definition) is 0. The zero-order chi connectivity index (χ0) is 8.10.